The van der Waals surface area contributed by atoms with Gasteiger partial charge in [0.15, 0.2) is 5.76 Å². The highest BCUT2D eigenvalue weighted by Gasteiger charge is 2.25. The molecule has 0 aliphatic heterocycles. The van der Waals surface area contributed by atoms with Crippen LogP contribution >= 0.6 is 0 Å². The first-order valence-electron chi connectivity index (χ1n) is 8.96. The Morgan fingerprint density at radius 3 is 2.52 bits per heavy atom. The highest BCUT2D eigenvalue weighted by molar-refractivity contribution is 5.91. The van der Waals surface area contributed by atoms with Crippen LogP contribution in [0.25, 0.3) is 10.9 Å². The van der Waals surface area contributed by atoms with Crippen molar-refractivity contribution < 1.29 is 9.21 Å². The molecule has 4 rings (SSSR count). The number of hydrogen-bond acceptors (Lipinski definition) is 3. The molecule has 0 aliphatic rings. The van der Waals surface area contributed by atoms with E-state index in [9.17, 15) is 4.79 Å². The number of fused-ring (bicyclic) bond motifs is 1. The number of carbonyl (C=O) groups excluding carboxylic acids is 1. The van der Waals surface area contributed by atoms with Crippen molar-refractivity contribution in [2.24, 2.45) is 0 Å². The van der Waals surface area contributed by atoms with Gasteiger partial charge in [-0.2, -0.15) is 0 Å². The third-order valence-electron chi connectivity index (χ3n) is 4.73. The molecule has 4 heteroatoms. The lowest BCUT2D eigenvalue weighted by atomic mass is 10.1. The highest BCUT2D eigenvalue weighted by Crippen LogP contribution is 2.25. The summed E-state index contributed by atoms with van der Waals surface area (Å²) >= 11 is 0. The lowest BCUT2D eigenvalue weighted by Gasteiger charge is -2.29. The zero-order valence-electron chi connectivity index (χ0n) is 15.1. The summed E-state index contributed by atoms with van der Waals surface area (Å²) in [5, 5.41) is 1.08. The second-order valence-corrected chi connectivity index (χ2v) is 6.49. The van der Waals surface area contributed by atoms with Crippen LogP contribution in [0.3, 0.4) is 0 Å². The Morgan fingerprint density at radius 1 is 0.963 bits per heavy atom. The summed E-state index contributed by atoms with van der Waals surface area (Å²) in [5.41, 5.74) is 2.84. The number of rotatable bonds is 5. The predicted molar refractivity (Wildman–Crippen MR) is 105 cm³/mol. The molecular formula is C23H20N2O2. The minimum atomic E-state index is -0.147. The molecule has 1 amide bonds. The molecule has 0 radical (unpaired) electrons. The van der Waals surface area contributed by atoms with Gasteiger partial charge < -0.3 is 9.32 Å². The number of aromatic nitrogens is 1. The van der Waals surface area contributed by atoms with Crippen LogP contribution in [0, 0.1) is 0 Å². The van der Waals surface area contributed by atoms with Crippen molar-refractivity contribution in [2.75, 3.05) is 0 Å². The lowest BCUT2D eigenvalue weighted by molar-refractivity contribution is 0.0638. The molecule has 4 nitrogen and oxygen atoms in total. The smallest absolute Gasteiger partial charge is 0.290 e. The maximum Gasteiger partial charge on any atom is 0.290 e. The van der Waals surface area contributed by atoms with Gasteiger partial charge in [-0.15, -0.1) is 0 Å². The molecule has 0 aliphatic carbocycles. The van der Waals surface area contributed by atoms with E-state index in [-0.39, 0.29) is 11.9 Å². The fraction of sp³-hybridized carbons (Fsp3) is 0.130. The van der Waals surface area contributed by atoms with E-state index >= 15 is 0 Å². The number of hydrogen-bond donors (Lipinski definition) is 0. The van der Waals surface area contributed by atoms with Gasteiger partial charge in [-0.05, 0) is 36.8 Å². The monoisotopic (exact) mass is 356 g/mol. The standard InChI is InChI=1S/C23H20N2O2/c1-17(18-8-3-2-4-9-18)25(23(26)22-12-7-15-27-22)16-20-14-13-19-10-5-6-11-21(19)24-20/h2-15,17H,16H2,1H3/t17-/m0/s1. The Balaban J connectivity index is 1.69. The predicted octanol–water partition coefficient (Wildman–Crippen LogP) is 5.23. The molecule has 1 atom stereocenters. The second-order valence-electron chi connectivity index (χ2n) is 6.49. The van der Waals surface area contributed by atoms with Gasteiger partial charge in [-0.25, -0.2) is 0 Å². The topological polar surface area (TPSA) is 46.3 Å². The van der Waals surface area contributed by atoms with Gasteiger partial charge in [0.1, 0.15) is 0 Å². The van der Waals surface area contributed by atoms with E-state index in [1.165, 1.54) is 6.26 Å². The summed E-state index contributed by atoms with van der Waals surface area (Å²) in [7, 11) is 0. The molecule has 2 heterocycles. The third-order valence-corrected chi connectivity index (χ3v) is 4.73. The minimum Gasteiger partial charge on any atom is -0.459 e. The summed E-state index contributed by atoms with van der Waals surface area (Å²) in [6.07, 6.45) is 1.52. The summed E-state index contributed by atoms with van der Waals surface area (Å²) in [4.78, 5) is 19.6. The van der Waals surface area contributed by atoms with Gasteiger partial charge >= 0.3 is 0 Å². The average Bonchev–Trinajstić information content (AvgIpc) is 3.26. The summed E-state index contributed by atoms with van der Waals surface area (Å²) in [5.74, 6) is 0.185. The van der Waals surface area contributed by atoms with Crippen LogP contribution in [-0.4, -0.2) is 15.8 Å². The number of carbonyl (C=O) groups is 1. The lowest BCUT2D eigenvalue weighted by Crippen LogP contribution is -2.33. The van der Waals surface area contributed by atoms with Crippen molar-refractivity contribution in [2.45, 2.75) is 19.5 Å². The van der Waals surface area contributed by atoms with Crippen molar-refractivity contribution in [1.29, 1.82) is 0 Å². The number of pyridine rings is 1. The van der Waals surface area contributed by atoms with Crippen molar-refractivity contribution in [3.63, 3.8) is 0 Å². The van der Waals surface area contributed by atoms with Crippen molar-refractivity contribution >= 4 is 16.8 Å². The molecule has 0 bridgehead atoms. The molecule has 0 saturated carbocycles. The van der Waals surface area contributed by atoms with Crippen LogP contribution in [0.1, 0.15) is 34.8 Å². The molecule has 27 heavy (non-hydrogen) atoms. The van der Waals surface area contributed by atoms with E-state index < -0.39 is 0 Å². The molecular weight excluding hydrogens is 336 g/mol. The van der Waals surface area contributed by atoms with Crippen LogP contribution in [0.15, 0.2) is 89.5 Å². The Kier molecular flexibility index (Phi) is 4.71. The molecule has 0 unspecified atom stereocenters. The Bertz CT molecular complexity index is 1040. The summed E-state index contributed by atoms with van der Waals surface area (Å²) in [6, 6.07) is 25.3. The summed E-state index contributed by atoms with van der Waals surface area (Å²) in [6.45, 7) is 2.43. The van der Waals surface area contributed by atoms with Crippen LogP contribution in [-0.2, 0) is 6.54 Å². The maximum absolute atomic E-state index is 13.1. The maximum atomic E-state index is 13.1. The van der Waals surface area contributed by atoms with Crippen molar-refractivity contribution in [3.8, 4) is 0 Å². The van der Waals surface area contributed by atoms with E-state index in [1.54, 1.807) is 17.0 Å². The zero-order valence-corrected chi connectivity index (χ0v) is 15.1. The number of benzene rings is 2. The van der Waals surface area contributed by atoms with Crippen LogP contribution in [0.4, 0.5) is 0 Å². The molecule has 4 aromatic rings. The van der Waals surface area contributed by atoms with Crippen LogP contribution in [0.5, 0.6) is 0 Å². The van der Waals surface area contributed by atoms with E-state index in [0.717, 1.165) is 22.2 Å². The second kappa shape index (κ2) is 7.46. The first kappa shape index (κ1) is 17.0. The van der Waals surface area contributed by atoms with E-state index in [1.807, 2.05) is 73.7 Å². The van der Waals surface area contributed by atoms with Gasteiger partial charge in [0, 0.05) is 5.39 Å². The van der Waals surface area contributed by atoms with Crippen molar-refractivity contribution in [1.82, 2.24) is 9.88 Å². The number of amides is 1. The highest BCUT2D eigenvalue weighted by atomic mass is 16.3. The molecule has 0 N–H and O–H groups in total. The van der Waals surface area contributed by atoms with Gasteiger partial charge in [-0.1, -0.05) is 54.6 Å². The first-order chi connectivity index (χ1) is 13.2. The Morgan fingerprint density at radius 2 is 1.74 bits per heavy atom. The van der Waals surface area contributed by atoms with Crippen LogP contribution in [0.2, 0.25) is 0 Å². The van der Waals surface area contributed by atoms with E-state index in [0.29, 0.717) is 12.3 Å². The zero-order chi connectivity index (χ0) is 18.6. The molecule has 2 aromatic carbocycles. The van der Waals surface area contributed by atoms with Gasteiger partial charge in [0.25, 0.3) is 5.91 Å². The Hall–Kier alpha value is -3.40. The molecule has 0 fully saturated rings. The molecule has 0 saturated heterocycles. The van der Waals surface area contributed by atoms with E-state index in [2.05, 4.69) is 0 Å². The SMILES string of the molecule is C[C@@H](c1ccccc1)N(Cc1ccc2ccccc2n1)C(=O)c1ccco1. The first-order valence-corrected chi connectivity index (χ1v) is 8.96. The normalized spacial score (nSPS) is 12.0. The van der Waals surface area contributed by atoms with Crippen LogP contribution < -0.4 is 0 Å². The van der Waals surface area contributed by atoms with Gasteiger partial charge in [0.05, 0.1) is 30.1 Å². The van der Waals surface area contributed by atoms with E-state index in [4.69, 9.17) is 9.40 Å². The molecule has 134 valence electrons. The number of furan rings is 1. The largest absolute Gasteiger partial charge is 0.459 e. The third kappa shape index (κ3) is 3.60. The average molecular weight is 356 g/mol. The fourth-order valence-electron chi connectivity index (χ4n) is 3.21. The van der Waals surface area contributed by atoms with Gasteiger partial charge in [-0.3, -0.25) is 9.78 Å². The number of para-hydroxylation sites is 1. The number of nitrogens with zero attached hydrogens (tertiary/aromatic N) is 2. The summed E-state index contributed by atoms with van der Waals surface area (Å²) < 4.78 is 5.36. The molecule has 2 aromatic heterocycles. The minimum absolute atomic E-state index is 0.114. The fourth-order valence-corrected chi connectivity index (χ4v) is 3.21. The quantitative estimate of drug-likeness (QED) is 0.492. The van der Waals surface area contributed by atoms with Gasteiger partial charge in [0.2, 0.25) is 0 Å². The van der Waals surface area contributed by atoms with Crippen molar-refractivity contribution in [3.05, 3.63) is 102 Å². The Labute approximate surface area is 158 Å². The molecule has 0 spiro atoms.